The van der Waals surface area contributed by atoms with Crippen LogP contribution in [0, 0.1) is 12.7 Å². The van der Waals surface area contributed by atoms with Crippen LogP contribution in [0.3, 0.4) is 0 Å². The van der Waals surface area contributed by atoms with Crippen molar-refractivity contribution in [3.05, 3.63) is 58.0 Å². The van der Waals surface area contributed by atoms with Crippen LogP contribution in [0.15, 0.2) is 30.5 Å². The van der Waals surface area contributed by atoms with E-state index in [2.05, 4.69) is 10.3 Å². The van der Waals surface area contributed by atoms with Crippen LogP contribution in [0.2, 0.25) is 5.02 Å². The number of hydrogen-bond acceptors (Lipinski definition) is 3. The molecule has 0 aliphatic carbocycles. The molecule has 0 unspecified atom stereocenters. The topological polar surface area (TPSA) is 45.2 Å². The maximum atomic E-state index is 13.3. The van der Waals surface area contributed by atoms with Gasteiger partial charge in [0.15, 0.2) is 0 Å². The molecule has 1 aromatic heterocycles. The zero-order valence-electron chi connectivity index (χ0n) is 14.2. The van der Waals surface area contributed by atoms with Gasteiger partial charge < -0.3 is 10.2 Å². The predicted octanol–water partition coefficient (Wildman–Crippen LogP) is 4.42. The summed E-state index contributed by atoms with van der Waals surface area (Å²) in [5.74, 6) is 0.272. The molecule has 1 saturated heterocycles. The first-order valence-electron chi connectivity index (χ1n) is 8.48. The largest absolute Gasteiger partial charge is 0.365 e. The van der Waals surface area contributed by atoms with Crippen LogP contribution in [0.5, 0.6) is 0 Å². The second-order valence-electron chi connectivity index (χ2n) is 6.34. The molecule has 4 nitrogen and oxygen atoms in total. The van der Waals surface area contributed by atoms with Crippen LogP contribution >= 0.6 is 11.6 Å². The lowest BCUT2D eigenvalue weighted by atomic mass is 10.1. The Balaban J connectivity index is 1.67. The molecule has 1 fully saturated rings. The van der Waals surface area contributed by atoms with E-state index >= 15 is 0 Å². The van der Waals surface area contributed by atoms with Gasteiger partial charge in [0.05, 0.1) is 10.6 Å². The summed E-state index contributed by atoms with van der Waals surface area (Å²) in [5, 5.41) is 3.54. The lowest BCUT2D eigenvalue weighted by Gasteiger charge is -2.26. The van der Waals surface area contributed by atoms with E-state index in [1.807, 2.05) is 4.90 Å². The lowest BCUT2D eigenvalue weighted by molar-refractivity contribution is 0.0724. The van der Waals surface area contributed by atoms with Gasteiger partial charge in [-0.15, -0.1) is 0 Å². The van der Waals surface area contributed by atoms with Gasteiger partial charge in [-0.05, 0) is 49.4 Å². The fourth-order valence-corrected chi connectivity index (χ4v) is 3.20. The van der Waals surface area contributed by atoms with E-state index in [1.165, 1.54) is 12.5 Å². The quantitative estimate of drug-likeness (QED) is 0.876. The zero-order chi connectivity index (χ0) is 17.8. The number of aryl methyl sites for hydroxylation is 1. The lowest BCUT2D eigenvalue weighted by Crippen LogP contribution is -2.35. The normalized spacial score (nSPS) is 14.4. The maximum Gasteiger partial charge on any atom is 0.255 e. The van der Waals surface area contributed by atoms with Crippen molar-refractivity contribution in [1.29, 1.82) is 0 Å². The smallest absolute Gasteiger partial charge is 0.255 e. The van der Waals surface area contributed by atoms with Gasteiger partial charge in [-0.2, -0.15) is 0 Å². The second-order valence-corrected chi connectivity index (χ2v) is 6.75. The van der Waals surface area contributed by atoms with E-state index in [-0.39, 0.29) is 11.7 Å². The monoisotopic (exact) mass is 361 g/mol. The minimum atomic E-state index is -0.222. The summed E-state index contributed by atoms with van der Waals surface area (Å²) >= 11 is 6.28. The number of piperidine rings is 1. The Bertz CT molecular complexity index is 775. The molecule has 1 aliphatic heterocycles. The zero-order valence-corrected chi connectivity index (χ0v) is 14.9. The Hall–Kier alpha value is -2.14. The third-order valence-electron chi connectivity index (χ3n) is 4.41. The molecule has 0 atom stereocenters. The summed E-state index contributed by atoms with van der Waals surface area (Å²) in [5.41, 5.74) is 2.04. The summed E-state index contributed by atoms with van der Waals surface area (Å²) < 4.78 is 13.3. The highest BCUT2D eigenvalue weighted by molar-refractivity contribution is 6.33. The van der Waals surface area contributed by atoms with E-state index in [0.717, 1.165) is 31.5 Å². The van der Waals surface area contributed by atoms with Crippen molar-refractivity contribution in [1.82, 2.24) is 9.88 Å². The number of carbonyl (C=O) groups is 1. The standard InChI is InChI=1S/C19H21ClFN3O/c1-13-9-14(5-6-17(13)21)11-22-18-16(20)10-15(12-23-18)19(25)24-7-3-2-4-8-24/h5-6,9-10,12H,2-4,7-8,11H2,1H3,(H,22,23). The van der Waals surface area contributed by atoms with Gasteiger partial charge in [0.2, 0.25) is 0 Å². The molecule has 0 saturated carbocycles. The number of likely N-dealkylation sites (tertiary alicyclic amines) is 1. The molecule has 132 valence electrons. The Kier molecular flexibility index (Phi) is 5.53. The number of carbonyl (C=O) groups excluding carboxylic acids is 1. The van der Waals surface area contributed by atoms with E-state index < -0.39 is 0 Å². The molecule has 1 aromatic carbocycles. The SMILES string of the molecule is Cc1cc(CNc2ncc(C(=O)N3CCCCC3)cc2Cl)ccc1F. The number of halogens is 2. The number of aromatic nitrogens is 1. The molecule has 1 aliphatic rings. The number of nitrogens with zero attached hydrogens (tertiary/aromatic N) is 2. The summed E-state index contributed by atoms with van der Waals surface area (Å²) in [7, 11) is 0. The van der Waals surface area contributed by atoms with Gasteiger partial charge in [0, 0.05) is 25.8 Å². The average Bonchev–Trinajstić information content (AvgIpc) is 2.63. The van der Waals surface area contributed by atoms with Crippen molar-refractivity contribution in [2.75, 3.05) is 18.4 Å². The Morgan fingerprint density at radius 1 is 1.28 bits per heavy atom. The van der Waals surface area contributed by atoms with Crippen LogP contribution < -0.4 is 5.32 Å². The molecule has 0 bridgehead atoms. The fraction of sp³-hybridized carbons (Fsp3) is 0.368. The summed E-state index contributed by atoms with van der Waals surface area (Å²) in [6.45, 7) is 3.79. The van der Waals surface area contributed by atoms with Crippen LogP contribution in [0.4, 0.5) is 10.2 Å². The number of rotatable bonds is 4. The van der Waals surface area contributed by atoms with Crippen LogP contribution in [0.1, 0.15) is 40.7 Å². The molecule has 1 N–H and O–H groups in total. The Morgan fingerprint density at radius 3 is 2.72 bits per heavy atom. The van der Waals surface area contributed by atoms with Crippen molar-refractivity contribution >= 4 is 23.3 Å². The second kappa shape index (κ2) is 7.83. The van der Waals surface area contributed by atoms with Crippen LogP contribution in [-0.4, -0.2) is 28.9 Å². The summed E-state index contributed by atoms with van der Waals surface area (Å²) in [4.78, 5) is 18.6. The predicted molar refractivity (Wildman–Crippen MR) is 97.5 cm³/mol. The number of benzene rings is 1. The molecule has 3 rings (SSSR count). The van der Waals surface area contributed by atoms with Crippen molar-refractivity contribution < 1.29 is 9.18 Å². The molecular weight excluding hydrogens is 341 g/mol. The molecule has 25 heavy (non-hydrogen) atoms. The molecule has 0 radical (unpaired) electrons. The number of pyridine rings is 1. The minimum Gasteiger partial charge on any atom is -0.365 e. The van der Waals surface area contributed by atoms with Crippen LogP contribution in [-0.2, 0) is 6.54 Å². The number of amides is 1. The molecule has 6 heteroatoms. The molecule has 1 amide bonds. The summed E-state index contributed by atoms with van der Waals surface area (Å²) in [6, 6.07) is 6.60. The third kappa shape index (κ3) is 4.28. The third-order valence-corrected chi connectivity index (χ3v) is 4.70. The van der Waals surface area contributed by atoms with E-state index in [0.29, 0.717) is 28.5 Å². The first-order chi connectivity index (χ1) is 12.0. The highest BCUT2D eigenvalue weighted by Gasteiger charge is 2.19. The van der Waals surface area contributed by atoms with Gasteiger partial charge in [0.25, 0.3) is 5.91 Å². The fourth-order valence-electron chi connectivity index (χ4n) is 2.97. The van der Waals surface area contributed by atoms with Crippen molar-refractivity contribution in [2.45, 2.75) is 32.7 Å². The summed E-state index contributed by atoms with van der Waals surface area (Å²) in [6.07, 6.45) is 4.82. The van der Waals surface area contributed by atoms with E-state index in [1.54, 1.807) is 31.3 Å². The maximum absolute atomic E-state index is 13.3. The van der Waals surface area contributed by atoms with Gasteiger partial charge >= 0.3 is 0 Å². The first-order valence-corrected chi connectivity index (χ1v) is 8.86. The van der Waals surface area contributed by atoms with Crippen LogP contribution in [0.25, 0.3) is 0 Å². The number of nitrogens with one attached hydrogen (secondary N) is 1. The highest BCUT2D eigenvalue weighted by Crippen LogP contribution is 2.23. The Morgan fingerprint density at radius 2 is 2.04 bits per heavy atom. The molecule has 2 aromatic rings. The number of anilines is 1. The minimum absolute atomic E-state index is 0.0187. The van der Waals surface area contributed by atoms with Gasteiger partial charge in [0.1, 0.15) is 11.6 Å². The van der Waals surface area contributed by atoms with Crippen molar-refractivity contribution in [3.63, 3.8) is 0 Å². The average molecular weight is 362 g/mol. The molecule has 2 heterocycles. The molecular formula is C19H21ClFN3O. The first kappa shape index (κ1) is 17.7. The van der Waals surface area contributed by atoms with Gasteiger partial charge in [-0.25, -0.2) is 9.37 Å². The van der Waals surface area contributed by atoms with E-state index in [4.69, 9.17) is 11.6 Å². The van der Waals surface area contributed by atoms with Crippen molar-refractivity contribution in [2.24, 2.45) is 0 Å². The Labute approximate surface area is 152 Å². The molecule has 0 spiro atoms. The van der Waals surface area contributed by atoms with Crippen molar-refractivity contribution in [3.8, 4) is 0 Å². The van der Waals surface area contributed by atoms with E-state index in [9.17, 15) is 9.18 Å². The van der Waals surface area contributed by atoms with Gasteiger partial charge in [-0.1, -0.05) is 23.7 Å². The number of hydrogen-bond donors (Lipinski definition) is 1. The highest BCUT2D eigenvalue weighted by atomic mass is 35.5. The van der Waals surface area contributed by atoms with Gasteiger partial charge in [-0.3, -0.25) is 4.79 Å².